The van der Waals surface area contributed by atoms with Gasteiger partial charge in [0.25, 0.3) is 0 Å². The summed E-state index contributed by atoms with van der Waals surface area (Å²) in [6.45, 7) is 18.0. The standard InChI is InChI=1S/C24H30N6O3.2C2H6/c1-5-10-19-25-20(16(3)31)21(23(32)33)30(19)15-24(4,6-2)14-9-12-17-11-7-8-13-18(17)22-26-28-29-27-22;2*1-2/h6-9,11-13,16,31H,2,5,10,14-15H2,1,3-4H3,(H,32,33)(H,26,27,28,29);2*1-2H3/b12-9+;;. The predicted octanol–water partition coefficient (Wildman–Crippen LogP) is 6.12. The molecule has 3 aromatic rings. The number of hydrogen-bond donors (Lipinski definition) is 3. The van der Waals surface area contributed by atoms with Crippen molar-refractivity contribution in [3.05, 3.63) is 65.8 Å². The Kier molecular flexibility index (Phi) is 13.2. The number of nitrogens with one attached hydrogen (secondary N) is 1. The first-order valence-corrected chi connectivity index (χ1v) is 12.9. The molecule has 9 nitrogen and oxygen atoms in total. The number of H-pyrrole nitrogens is 1. The molecule has 3 N–H and O–H groups in total. The number of tetrazole rings is 1. The third kappa shape index (κ3) is 8.21. The fourth-order valence-electron chi connectivity index (χ4n) is 3.77. The number of carbonyl (C=O) groups is 1. The van der Waals surface area contributed by atoms with Crippen LogP contribution in [-0.4, -0.2) is 46.4 Å². The topological polar surface area (TPSA) is 130 Å². The van der Waals surface area contributed by atoms with Gasteiger partial charge in [-0.3, -0.25) is 0 Å². The third-order valence-electron chi connectivity index (χ3n) is 5.59. The number of benzene rings is 1. The van der Waals surface area contributed by atoms with E-state index in [1.165, 1.54) is 6.92 Å². The van der Waals surface area contributed by atoms with Crippen molar-refractivity contribution in [2.45, 2.75) is 80.4 Å². The molecule has 0 amide bonds. The molecule has 0 bridgehead atoms. The van der Waals surface area contributed by atoms with Gasteiger partial charge in [-0.1, -0.05) is 84.0 Å². The lowest BCUT2D eigenvalue weighted by Crippen LogP contribution is -2.25. The number of carboxylic acids is 1. The summed E-state index contributed by atoms with van der Waals surface area (Å²) in [4.78, 5) is 16.5. The lowest BCUT2D eigenvalue weighted by atomic mass is 9.86. The maximum Gasteiger partial charge on any atom is 0.354 e. The summed E-state index contributed by atoms with van der Waals surface area (Å²) in [5.74, 6) is 0.0724. The van der Waals surface area contributed by atoms with Crippen LogP contribution in [0.4, 0.5) is 0 Å². The number of aromatic nitrogens is 6. The van der Waals surface area contributed by atoms with Crippen molar-refractivity contribution in [1.29, 1.82) is 0 Å². The van der Waals surface area contributed by atoms with E-state index in [1.54, 1.807) is 4.57 Å². The number of aryl methyl sites for hydroxylation is 1. The Balaban J connectivity index is 0.00000163. The van der Waals surface area contributed by atoms with Crippen molar-refractivity contribution in [2.24, 2.45) is 5.41 Å². The van der Waals surface area contributed by atoms with E-state index in [-0.39, 0.29) is 11.4 Å². The van der Waals surface area contributed by atoms with Gasteiger partial charge >= 0.3 is 5.97 Å². The Labute approximate surface area is 220 Å². The summed E-state index contributed by atoms with van der Waals surface area (Å²) in [6, 6.07) is 7.75. The molecule has 202 valence electrons. The summed E-state index contributed by atoms with van der Waals surface area (Å²) in [6.07, 6.45) is 6.95. The minimum Gasteiger partial charge on any atom is -0.477 e. The first kappa shape index (κ1) is 31.4. The van der Waals surface area contributed by atoms with Crippen molar-refractivity contribution in [3.63, 3.8) is 0 Å². The van der Waals surface area contributed by atoms with Crippen molar-refractivity contribution >= 4 is 12.0 Å². The number of aliphatic hydroxyl groups excluding tert-OH is 1. The van der Waals surface area contributed by atoms with Crippen LogP contribution in [-0.2, 0) is 13.0 Å². The summed E-state index contributed by atoms with van der Waals surface area (Å²) in [7, 11) is 0. The van der Waals surface area contributed by atoms with Gasteiger partial charge in [0, 0.05) is 23.9 Å². The summed E-state index contributed by atoms with van der Waals surface area (Å²) in [5.41, 5.74) is 1.59. The SMILES string of the molecule is C=CC(C)(C/C=C/c1ccccc1-c1nn[nH]n1)Cn1c(CCC)nc(C(C)O)c1C(=O)O.CC.CC. The minimum atomic E-state index is -1.10. The second kappa shape index (κ2) is 15.5. The Morgan fingerprint density at radius 1 is 1.24 bits per heavy atom. The molecule has 9 heteroatoms. The summed E-state index contributed by atoms with van der Waals surface area (Å²) < 4.78 is 1.72. The van der Waals surface area contributed by atoms with Crippen LogP contribution in [0.5, 0.6) is 0 Å². The number of allylic oxidation sites excluding steroid dienone is 2. The quantitative estimate of drug-likeness (QED) is 0.265. The van der Waals surface area contributed by atoms with Crippen molar-refractivity contribution in [3.8, 4) is 11.4 Å². The van der Waals surface area contributed by atoms with Crippen LogP contribution in [0, 0.1) is 5.41 Å². The lowest BCUT2D eigenvalue weighted by Gasteiger charge is -2.26. The van der Waals surface area contributed by atoms with Gasteiger partial charge in [-0.05, 0) is 30.5 Å². The number of aromatic carboxylic acids is 1. The van der Waals surface area contributed by atoms with E-state index in [2.05, 4.69) is 32.2 Å². The van der Waals surface area contributed by atoms with Gasteiger partial charge in [0.2, 0.25) is 5.82 Å². The molecule has 0 radical (unpaired) electrons. The highest BCUT2D eigenvalue weighted by atomic mass is 16.4. The molecule has 2 heterocycles. The zero-order valence-corrected chi connectivity index (χ0v) is 23.2. The van der Waals surface area contributed by atoms with Gasteiger partial charge in [-0.25, -0.2) is 9.78 Å². The van der Waals surface area contributed by atoms with Crippen LogP contribution < -0.4 is 0 Å². The van der Waals surface area contributed by atoms with Crippen molar-refractivity contribution < 1.29 is 15.0 Å². The van der Waals surface area contributed by atoms with E-state index in [9.17, 15) is 15.0 Å². The van der Waals surface area contributed by atoms with Crippen LogP contribution in [0.3, 0.4) is 0 Å². The fourth-order valence-corrected chi connectivity index (χ4v) is 3.77. The maximum atomic E-state index is 12.1. The van der Waals surface area contributed by atoms with E-state index >= 15 is 0 Å². The van der Waals surface area contributed by atoms with E-state index in [0.717, 1.165) is 17.5 Å². The molecule has 3 rings (SSSR count). The molecule has 0 fully saturated rings. The smallest absolute Gasteiger partial charge is 0.354 e. The minimum absolute atomic E-state index is 0.0351. The molecule has 0 aliphatic carbocycles. The highest BCUT2D eigenvalue weighted by molar-refractivity contribution is 5.87. The molecule has 0 saturated carbocycles. The molecule has 0 spiro atoms. The Hall–Kier alpha value is -3.59. The Bertz CT molecular complexity index is 1140. The molecule has 37 heavy (non-hydrogen) atoms. The normalized spacial score (nSPS) is 13.1. The van der Waals surface area contributed by atoms with Gasteiger partial charge < -0.3 is 14.8 Å². The van der Waals surface area contributed by atoms with Gasteiger partial charge in [0.15, 0.2) is 5.69 Å². The molecule has 2 atom stereocenters. The van der Waals surface area contributed by atoms with E-state index in [1.807, 2.05) is 84.0 Å². The fraction of sp³-hybridized carbons (Fsp3) is 0.464. The molecule has 1 aromatic carbocycles. The number of aromatic amines is 1. The van der Waals surface area contributed by atoms with Gasteiger partial charge in [-0.2, -0.15) is 5.21 Å². The summed E-state index contributed by atoms with van der Waals surface area (Å²) >= 11 is 0. The molecule has 0 aliphatic heterocycles. The zero-order valence-electron chi connectivity index (χ0n) is 23.2. The summed E-state index contributed by atoms with van der Waals surface area (Å²) in [5, 5.41) is 34.2. The number of carboxylic acid groups (broad SMARTS) is 1. The average molecular weight is 511 g/mol. The third-order valence-corrected chi connectivity index (χ3v) is 5.59. The van der Waals surface area contributed by atoms with Crippen LogP contribution >= 0.6 is 0 Å². The molecular formula is C28H42N6O3. The predicted molar refractivity (Wildman–Crippen MR) is 148 cm³/mol. The second-order valence-electron chi connectivity index (χ2n) is 8.37. The van der Waals surface area contributed by atoms with Crippen LogP contribution in [0.15, 0.2) is 43.0 Å². The van der Waals surface area contributed by atoms with E-state index < -0.39 is 17.5 Å². The maximum absolute atomic E-state index is 12.1. The van der Waals surface area contributed by atoms with Crippen LogP contribution in [0.2, 0.25) is 0 Å². The molecular weight excluding hydrogens is 468 g/mol. The van der Waals surface area contributed by atoms with Gasteiger partial charge in [0.1, 0.15) is 11.5 Å². The number of nitrogens with zero attached hydrogens (tertiary/aromatic N) is 5. The van der Waals surface area contributed by atoms with E-state index in [4.69, 9.17) is 0 Å². The molecule has 2 unspecified atom stereocenters. The molecule has 0 aliphatic rings. The first-order valence-electron chi connectivity index (χ1n) is 12.9. The first-order chi connectivity index (χ1) is 17.8. The molecule has 2 aromatic heterocycles. The van der Waals surface area contributed by atoms with Gasteiger partial charge in [-0.15, -0.1) is 16.8 Å². The number of rotatable bonds is 11. The second-order valence-corrected chi connectivity index (χ2v) is 8.37. The van der Waals surface area contributed by atoms with Crippen molar-refractivity contribution in [2.75, 3.05) is 0 Å². The largest absolute Gasteiger partial charge is 0.477 e. The highest BCUT2D eigenvalue weighted by Crippen LogP contribution is 2.31. The van der Waals surface area contributed by atoms with Gasteiger partial charge in [0.05, 0.1) is 6.10 Å². The van der Waals surface area contributed by atoms with Crippen LogP contribution in [0.1, 0.15) is 95.0 Å². The Morgan fingerprint density at radius 2 is 1.92 bits per heavy atom. The highest BCUT2D eigenvalue weighted by Gasteiger charge is 2.29. The number of aliphatic hydroxyl groups is 1. The van der Waals surface area contributed by atoms with Crippen LogP contribution in [0.25, 0.3) is 17.5 Å². The average Bonchev–Trinajstić information content (AvgIpc) is 3.56. The number of hydrogen-bond acceptors (Lipinski definition) is 6. The van der Waals surface area contributed by atoms with Crippen molar-refractivity contribution in [1.82, 2.24) is 30.2 Å². The Morgan fingerprint density at radius 3 is 2.46 bits per heavy atom. The van der Waals surface area contributed by atoms with E-state index in [0.29, 0.717) is 31.0 Å². The monoisotopic (exact) mass is 510 g/mol. The zero-order chi connectivity index (χ0) is 28.0. The number of imidazole rings is 1. The molecule has 0 saturated heterocycles. The lowest BCUT2D eigenvalue weighted by molar-refractivity contribution is 0.0674.